The average molecular weight is 337 g/mol. The van der Waals surface area contributed by atoms with Crippen molar-refractivity contribution in [3.05, 3.63) is 35.9 Å². The molecule has 0 heterocycles. The Labute approximate surface area is 142 Å². The zero-order valence-corrected chi connectivity index (χ0v) is 14.4. The second-order valence-corrected chi connectivity index (χ2v) is 5.16. The number of amides is 1. The zero-order valence-electron chi connectivity index (χ0n) is 13.6. The average Bonchev–Trinajstić information content (AvgIpc) is 2.52. The van der Waals surface area contributed by atoms with Gasteiger partial charge in [-0.15, -0.1) is 0 Å². The Kier molecular flexibility index (Phi) is 8.71. The van der Waals surface area contributed by atoms with Gasteiger partial charge < -0.3 is 14.8 Å². The van der Waals surface area contributed by atoms with Crippen molar-refractivity contribution in [2.24, 2.45) is 0 Å². The van der Waals surface area contributed by atoms with Crippen LogP contribution in [-0.2, 0) is 9.53 Å². The van der Waals surface area contributed by atoms with Crippen LogP contribution in [0.25, 0.3) is 6.08 Å². The molecular weight excluding hydrogens is 314 g/mol. The fraction of sp³-hybridized carbons (Fsp3) is 0.375. The largest absolute Gasteiger partial charge is 0.493 e. The van der Waals surface area contributed by atoms with Gasteiger partial charge in [-0.25, -0.2) is 0 Å². The van der Waals surface area contributed by atoms with Crippen molar-refractivity contribution in [1.29, 1.82) is 0 Å². The molecule has 1 atom stereocenters. The normalized spacial score (nSPS) is 11.8. The van der Waals surface area contributed by atoms with Gasteiger partial charge in [0.2, 0.25) is 0 Å². The molecule has 0 spiro atoms. The first-order valence-electron chi connectivity index (χ1n) is 7.32. The highest BCUT2D eigenvalue weighted by Gasteiger charge is 2.04. The Morgan fingerprint density at radius 3 is 2.78 bits per heavy atom. The minimum absolute atomic E-state index is 0.0468. The summed E-state index contributed by atoms with van der Waals surface area (Å²) >= 11 is 5.06. The summed E-state index contributed by atoms with van der Waals surface area (Å²) in [5, 5.41) is 3.30. The van der Waals surface area contributed by atoms with Crippen LogP contribution >= 0.6 is 12.2 Å². The first-order valence-corrected chi connectivity index (χ1v) is 7.73. The molecule has 0 saturated carbocycles. The van der Waals surface area contributed by atoms with Gasteiger partial charge in [0.15, 0.2) is 5.11 Å². The lowest BCUT2D eigenvalue weighted by Crippen LogP contribution is -2.49. The highest BCUT2D eigenvalue weighted by molar-refractivity contribution is 7.80. The molecule has 1 rings (SSSR count). The molecule has 0 aliphatic carbocycles. The summed E-state index contributed by atoms with van der Waals surface area (Å²) in [6.45, 7) is 4.92. The van der Waals surface area contributed by atoms with E-state index in [2.05, 4.69) is 16.2 Å². The lowest BCUT2D eigenvalue weighted by Gasteiger charge is -2.15. The molecule has 23 heavy (non-hydrogen) atoms. The first kappa shape index (κ1) is 18.9. The maximum atomic E-state index is 11.8. The second-order valence-electron chi connectivity index (χ2n) is 4.75. The van der Waals surface area contributed by atoms with E-state index in [9.17, 15) is 4.79 Å². The number of methoxy groups -OCH3 is 1. The van der Waals surface area contributed by atoms with Crippen LogP contribution in [0.3, 0.4) is 0 Å². The highest BCUT2D eigenvalue weighted by atomic mass is 32.1. The van der Waals surface area contributed by atoms with Crippen molar-refractivity contribution in [2.45, 2.75) is 19.9 Å². The van der Waals surface area contributed by atoms with Crippen LogP contribution in [0, 0.1) is 0 Å². The summed E-state index contributed by atoms with van der Waals surface area (Å²) in [5.74, 6) is 0.414. The fourth-order valence-corrected chi connectivity index (χ4v) is 2.03. The Morgan fingerprint density at radius 2 is 2.09 bits per heavy atom. The van der Waals surface area contributed by atoms with Crippen molar-refractivity contribution in [2.75, 3.05) is 20.3 Å². The van der Waals surface area contributed by atoms with E-state index >= 15 is 0 Å². The van der Waals surface area contributed by atoms with E-state index in [4.69, 9.17) is 21.7 Å². The molecule has 3 N–H and O–H groups in total. The number of nitrogens with one attached hydrogen (secondary N) is 3. The van der Waals surface area contributed by atoms with Gasteiger partial charge in [-0.2, -0.15) is 0 Å². The maximum absolute atomic E-state index is 11.8. The number of hydrogen-bond acceptors (Lipinski definition) is 4. The molecule has 1 aromatic rings. The first-order chi connectivity index (χ1) is 11.1. The fourth-order valence-electron chi connectivity index (χ4n) is 1.78. The van der Waals surface area contributed by atoms with Gasteiger partial charge in [0.25, 0.3) is 5.91 Å². The number of ether oxygens (including phenoxy) is 2. The van der Waals surface area contributed by atoms with Crippen LogP contribution in [0.15, 0.2) is 30.3 Å². The number of rotatable bonds is 7. The molecule has 0 aliphatic heterocycles. The zero-order chi connectivity index (χ0) is 17.1. The van der Waals surface area contributed by atoms with Crippen LogP contribution in [0.1, 0.15) is 19.4 Å². The van der Waals surface area contributed by atoms with Crippen LogP contribution in [0.2, 0.25) is 0 Å². The number of carbonyl (C=O) groups is 1. The van der Waals surface area contributed by atoms with Crippen molar-refractivity contribution in [1.82, 2.24) is 16.2 Å². The lowest BCUT2D eigenvalue weighted by molar-refractivity contribution is -0.116. The molecule has 1 amide bonds. The van der Waals surface area contributed by atoms with Gasteiger partial charge >= 0.3 is 0 Å². The molecule has 0 aromatic heterocycles. The Bertz CT molecular complexity index is 549. The van der Waals surface area contributed by atoms with E-state index in [1.54, 1.807) is 13.2 Å². The smallest absolute Gasteiger partial charge is 0.262 e. The van der Waals surface area contributed by atoms with E-state index in [-0.39, 0.29) is 11.9 Å². The number of thiocarbonyl (C=S) groups is 1. The summed E-state index contributed by atoms with van der Waals surface area (Å²) in [4.78, 5) is 11.8. The minimum Gasteiger partial charge on any atom is -0.493 e. The van der Waals surface area contributed by atoms with E-state index in [0.29, 0.717) is 18.3 Å². The predicted molar refractivity (Wildman–Crippen MR) is 95.0 cm³/mol. The highest BCUT2D eigenvalue weighted by Crippen LogP contribution is 2.19. The van der Waals surface area contributed by atoms with E-state index in [0.717, 1.165) is 11.3 Å². The Hall–Kier alpha value is -2.12. The van der Waals surface area contributed by atoms with Crippen molar-refractivity contribution < 1.29 is 14.3 Å². The van der Waals surface area contributed by atoms with Gasteiger partial charge in [-0.05, 0) is 38.2 Å². The lowest BCUT2D eigenvalue weighted by atomic mass is 10.2. The van der Waals surface area contributed by atoms with E-state index in [1.165, 1.54) is 6.08 Å². The van der Waals surface area contributed by atoms with Gasteiger partial charge in [0.1, 0.15) is 5.75 Å². The predicted octanol–water partition coefficient (Wildman–Crippen LogP) is 1.63. The Morgan fingerprint density at radius 1 is 1.35 bits per heavy atom. The summed E-state index contributed by atoms with van der Waals surface area (Å²) < 4.78 is 10.5. The monoisotopic (exact) mass is 337 g/mol. The molecular formula is C16H23N3O3S. The van der Waals surface area contributed by atoms with Gasteiger partial charge in [-0.1, -0.05) is 18.2 Å². The molecule has 126 valence electrons. The van der Waals surface area contributed by atoms with Crippen LogP contribution in [0.4, 0.5) is 0 Å². The summed E-state index contributed by atoms with van der Waals surface area (Å²) in [6.07, 6.45) is 3.10. The SMILES string of the molecule is CCOc1ccccc1/C=C/C(=O)NNC(=S)N[C@H](C)COC. The minimum atomic E-state index is -0.320. The van der Waals surface area contributed by atoms with Crippen LogP contribution < -0.4 is 20.9 Å². The maximum Gasteiger partial charge on any atom is 0.262 e. The standard InChI is InChI=1S/C16H23N3O3S/c1-4-22-14-8-6-5-7-13(14)9-10-15(20)18-19-16(23)17-12(2)11-21-3/h5-10,12H,4,11H2,1-3H3,(H,18,20)(H2,17,19,23)/b10-9+/t12-/m1/s1. The number of para-hydroxylation sites is 1. The van der Waals surface area contributed by atoms with Gasteiger partial charge in [-0.3, -0.25) is 15.6 Å². The third-order valence-corrected chi connectivity index (χ3v) is 2.95. The van der Waals surface area contributed by atoms with Crippen LogP contribution in [-0.4, -0.2) is 37.4 Å². The topological polar surface area (TPSA) is 71.6 Å². The van der Waals surface area contributed by atoms with E-state index < -0.39 is 0 Å². The second kappa shape index (κ2) is 10.6. The van der Waals surface area contributed by atoms with Crippen molar-refractivity contribution in [3.63, 3.8) is 0 Å². The summed E-state index contributed by atoms with van der Waals surface area (Å²) in [6, 6.07) is 7.55. The number of benzene rings is 1. The van der Waals surface area contributed by atoms with Gasteiger partial charge in [0.05, 0.1) is 13.2 Å². The molecule has 7 heteroatoms. The quantitative estimate of drug-likeness (QED) is 0.399. The number of carbonyl (C=O) groups excluding carboxylic acids is 1. The van der Waals surface area contributed by atoms with Crippen LogP contribution in [0.5, 0.6) is 5.75 Å². The summed E-state index contributed by atoms with van der Waals surface area (Å²) in [5.41, 5.74) is 5.95. The molecule has 0 fully saturated rings. The van der Waals surface area contributed by atoms with Gasteiger partial charge in [0, 0.05) is 24.8 Å². The van der Waals surface area contributed by atoms with E-state index in [1.807, 2.05) is 38.1 Å². The van der Waals surface area contributed by atoms with Crippen molar-refractivity contribution >= 4 is 29.3 Å². The third kappa shape index (κ3) is 7.62. The molecule has 1 aromatic carbocycles. The Balaban J connectivity index is 2.46. The number of hydrazine groups is 1. The number of hydrogen-bond donors (Lipinski definition) is 3. The molecule has 0 bridgehead atoms. The molecule has 6 nitrogen and oxygen atoms in total. The molecule has 0 saturated heterocycles. The molecule has 0 unspecified atom stereocenters. The molecule has 0 aliphatic rings. The molecule has 0 radical (unpaired) electrons. The third-order valence-electron chi connectivity index (χ3n) is 2.73. The van der Waals surface area contributed by atoms with Crippen molar-refractivity contribution in [3.8, 4) is 5.75 Å². The summed E-state index contributed by atoms with van der Waals surface area (Å²) in [7, 11) is 1.61.